The molecule has 7 nitrogen and oxygen atoms in total. The molecule has 0 spiro atoms. The highest BCUT2D eigenvalue weighted by atomic mass is 35.5. The number of nitrogens with two attached hydrogens (primary N) is 1. The lowest BCUT2D eigenvalue weighted by atomic mass is 10.0. The monoisotopic (exact) mass is 434 g/mol. The topological polar surface area (TPSA) is 114 Å². The Morgan fingerprint density at radius 1 is 1.10 bits per heavy atom. The van der Waals surface area contributed by atoms with E-state index >= 15 is 0 Å². The minimum atomic E-state index is -3.67. The van der Waals surface area contributed by atoms with Gasteiger partial charge in [-0.3, -0.25) is 4.79 Å². The predicted molar refractivity (Wildman–Crippen MR) is 115 cm³/mol. The SMILES string of the molecule is Cl.NCC1CCCC1NC(=O)c1ccc(NC2=NS(=O)(=O)c3ccccc32)cc1. The van der Waals surface area contributed by atoms with Gasteiger partial charge in [0, 0.05) is 22.9 Å². The molecule has 1 aliphatic carbocycles. The molecule has 0 radical (unpaired) electrons. The molecule has 1 aliphatic heterocycles. The molecule has 0 saturated heterocycles. The number of carbonyl (C=O) groups excluding carboxylic acids is 1. The van der Waals surface area contributed by atoms with E-state index in [1.165, 1.54) is 6.07 Å². The number of benzene rings is 2. The summed E-state index contributed by atoms with van der Waals surface area (Å²) in [4.78, 5) is 12.7. The Morgan fingerprint density at radius 2 is 1.83 bits per heavy atom. The third-order valence-corrected chi connectivity index (χ3v) is 6.65. The number of carbonyl (C=O) groups is 1. The number of nitrogens with one attached hydrogen (secondary N) is 2. The van der Waals surface area contributed by atoms with Crippen LogP contribution in [0.1, 0.15) is 35.2 Å². The first-order valence-electron chi connectivity index (χ1n) is 9.30. The number of amides is 1. The van der Waals surface area contributed by atoms with Crippen molar-refractivity contribution in [3.63, 3.8) is 0 Å². The molecule has 4 N–H and O–H groups in total. The molecule has 2 aromatic carbocycles. The molecule has 0 aromatic heterocycles. The summed E-state index contributed by atoms with van der Waals surface area (Å²) < 4.78 is 28.1. The zero-order valence-electron chi connectivity index (χ0n) is 15.7. The quantitative estimate of drug-likeness (QED) is 0.684. The molecule has 0 bridgehead atoms. The molecule has 1 heterocycles. The Kier molecular flexibility index (Phi) is 6.26. The van der Waals surface area contributed by atoms with E-state index < -0.39 is 10.0 Å². The summed E-state index contributed by atoms with van der Waals surface area (Å²) >= 11 is 0. The lowest BCUT2D eigenvalue weighted by molar-refractivity contribution is 0.0929. The minimum Gasteiger partial charge on any atom is -0.349 e. The zero-order chi connectivity index (χ0) is 19.7. The van der Waals surface area contributed by atoms with Crippen molar-refractivity contribution in [2.45, 2.75) is 30.2 Å². The van der Waals surface area contributed by atoms with Crippen molar-refractivity contribution in [3.05, 3.63) is 59.7 Å². The molecule has 2 unspecified atom stereocenters. The second-order valence-electron chi connectivity index (χ2n) is 7.12. The van der Waals surface area contributed by atoms with Gasteiger partial charge in [-0.2, -0.15) is 8.42 Å². The third kappa shape index (κ3) is 4.29. The Balaban J connectivity index is 0.00000240. The van der Waals surface area contributed by atoms with Crippen LogP contribution in [-0.2, 0) is 10.0 Å². The van der Waals surface area contributed by atoms with E-state index in [0.29, 0.717) is 29.3 Å². The van der Waals surface area contributed by atoms with E-state index in [1.807, 2.05) is 0 Å². The van der Waals surface area contributed by atoms with Crippen LogP contribution in [0.2, 0.25) is 0 Å². The van der Waals surface area contributed by atoms with Gasteiger partial charge < -0.3 is 16.4 Å². The van der Waals surface area contributed by atoms with Crippen LogP contribution in [0.25, 0.3) is 0 Å². The van der Waals surface area contributed by atoms with Crippen molar-refractivity contribution < 1.29 is 13.2 Å². The van der Waals surface area contributed by atoms with E-state index in [9.17, 15) is 13.2 Å². The van der Waals surface area contributed by atoms with Crippen molar-refractivity contribution in [2.24, 2.45) is 16.0 Å². The first kappa shape index (κ1) is 21.3. The second kappa shape index (κ2) is 8.52. The van der Waals surface area contributed by atoms with Crippen LogP contribution in [0.5, 0.6) is 0 Å². The number of rotatable bonds is 4. The maximum atomic E-state index is 12.5. The summed E-state index contributed by atoms with van der Waals surface area (Å²) in [5.41, 5.74) is 7.52. The maximum absolute atomic E-state index is 12.5. The lowest BCUT2D eigenvalue weighted by Crippen LogP contribution is -2.39. The summed E-state index contributed by atoms with van der Waals surface area (Å²) in [6.45, 7) is 0.584. The summed E-state index contributed by atoms with van der Waals surface area (Å²) in [6.07, 6.45) is 3.10. The molecular formula is C20H23ClN4O3S. The van der Waals surface area contributed by atoms with E-state index in [0.717, 1.165) is 19.3 Å². The van der Waals surface area contributed by atoms with Crippen molar-refractivity contribution in [1.82, 2.24) is 5.32 Å². The normalized spacial score (nSPS) is 21.6. The molecular weight excluding hydrogens is 412 g/mol. The van der Waals surface area contributed by atoms with E-state index in [4.69, 9.17) is 5.73 Å². The van der Waals surface area contributed by atoms with Gasteiger partial charge in [0.15, 0.2) is 5.84 Å². The molecule has 1 saturated carbocycles. The number of anilines is 1. The third-order valence-electron chi connectivity index (χ3n) is 5.32. The van der Waals surface area contributed by atoms with Gasteiger partial charge >= 0.3 is 0 Å². The van der Waals surface area contributed by atoms with E-state index in [-0.39, 0.29) is 35.1 Å². The van der Waals surface area contributed by atoms with Crippen LogP contribution >= 0.6 is 12.4 Å². The van der Waals surface area contributed by atoms with E-state index in [2.05, 4.69) is 15.0 Å². The molecule has 9 heteroatoms. The first-order chi connectivity index (χ1) is 13.5. The van der Waals surface area contributed by atoms with Crippen molar-refractivity contribution >= 4 is 39.9 Å². The number of halogens is 1. The molecule has 154 valence electrons. The Bertz CT molecular complexity index is 1040. The van der Waals surface area contributed by atoms with Crippen LogP contribution < -0.4 is 16.4 Å². The van der Waals surface area contributed by atoms with Gasteiger partial charge in [0.05, 0.1) is 0 Å². The predicted octanol–water partition coefficient (Wildman–Crippen LogP) is 2.53. The van der Waals surface area contributed by atoms with Crippen molar-refractivity contribution in [3.8, 4) is 0 Å². The fraction of sp³-hybridized carbons (Fsp3) is 0.300. The van der Waals surface area contributed by atoms with Crippen LogP contribution in [0.15, 0.2) is 57.8 Å². The highest BCUT2D eigenvalue weighted by Gasteiger charge is 2.29. The molecule has 29 heavy (non-hydrogen) atoms. The van der Waals surface area contributed by atoms with E-state index in [1.54, 1.807) is 42.5 Å². The summed E-state index contributed by atoms with van der Waals surface area (Å²) in [6, 6.07) is 13.7. The molecule has 2 aliphatic rings. The molecule has 1 amide bonds. The summed E-state index contributed by atoms with van der Waals surface area (Å²) in [5.74, 6) is 0.500. The lowest BCUT2D eigenvalue weighted by Gasteiger charge is -2.19. The maximum Gasteiger partial charge on any atom is 0.285 e. The number of fused-ring (bicyclic) bond motifs is 1. The van der Waals surface area contributed by atoms with Gasteiger partial charge in [0.1, 0.15) is 4.90 Å². The average molecular weight is 435 g/mol. The van der Waals surface area contributed by atoms with Crippen LogP contribution in [-0.4, -0.2) is 32.7 Å². The molecule has 2 aromatic rings. The number of nitrogens with zero attached hydrogens (tertiary/aromatic N) is 1. The van der Waals surface area contributed by atoms with Gasteiger partial charge in [0.2, 0.25) is 0 Å². The van der Waals surface area contributed by atoms with Gasteiger partial charge in [-0.25, -0.2) is 0 Å². The van der Waals surface area contributed by atoms with Gasteiger partial charge in [-0.05, 0) is 61.7 Å². The average Bonchev–Trinajstić information content (AvgIpc) is 3.24. The summed E-state index contributed by atoms with van der Waals surface area (Å²) in [7, 11) is -3.67. The number of hydrogen-bond donors (Lipinski definition) is 3. The van der Waals surface area contributed by atoms with Crippen molar-refractivity contribution in [2.75, 3.05) is 11.9 Å². The van der Waals surface area contributed by atoms with Crippen LogP contribution in [0, 0.1) is 5.92 Å². The van der Waals surface area contributed by atoms with Gasteiger partial charge in [-0.1, -0.05) is 18.6 Å². The van der Waals surface area contributed by atoms with Crippen molar-refractivity contribution in [1.29, 1.82) is 0 Å². The fourth-order valence-corrected chi connectivity index (χ4v) is 4.97. The smallest absolute Gasteiger partial charge is 0.285 e. The molecule has 2 atom stereocenters. The zero-order valence-corrected chi connectivity index (χ0v) is 17.3. The van der Waals surface area contributed by atoms with Crippen LogP contribution in [0.4, 0.5) is 5.69 Å². The Labute approximate surface area is 176 Å². The fourth-order valence-electron chi connectivity index (χ4n) is 3.80. The van der Waals surface area contributed by atoms with Gasteiger partial charge in [-0.15, -0.1) is 16.8 Å². The standard InChI is InChI=1S/C20H22N4O3S.ClH/c21-12-14-4-3-6-17(14)23-20(25)13-8-10-15(11-9-13)22-19-16-5-1-2-7-18(16)28(26,27)24-19;/h1-2,5,7-11,14,17H,3-4,6,12,21H2,(H,22,24)(H,23,25);1H. The number of sulfonamides is 1. The molecule has 1 fully saturated rings. The number of amidine groups is 1. The van der Waals surface area contributed by atoms with Gasteiger partial charge in [0.25, 0.3) is 15.9 Å². The summed E-state index contributed by atoms with van der Waals surface area (Å²) in [5, 5.41) is 6.10. The first-order valence-corrected chi connectivity index (χ1v) is 10.7. The Morgan fingerprint density at radius 3 is 2.55 bits per heavy atom. The Hall–Kier alpha value is -2.42. The second-order valence-corrected chi connectivity index (χ2v) is 8.69. The highest BCUT2D eigenvalue weighted by molar-refractivity contribution is 7.90. The molecule has 4 rings (SSSR count). The van der Waals surface area contributed by atoms with Crippen LogP contribution in [0.3, 0.4) is 0 Å². The minimum absolute atomic E-state index is 0. The number of hydrogen-bond acceptors (Lipinski definition) is 5. The highest BCUT2D eigenvalue weighted by Crippen LogP contribution is 2.27. The largest absolute Gasteiger partial charge is 0.349 e.